The summed E-state index contributed by atoms with van der Waals surface area (Å²) in [6.07, 6.45) is 1.63. The number of rotatable bonds is 8. The van der Waals surface area contributed by atoms with E-state index in [2.05, 4.69) is 22.0 Å². The van der Waals surface area contributed by atoms with Crippen molar-refractivity contribution in [3.63, 3.8) is 0 Å². The molecule has 3 rings (SSSR count). The van der Waals surface area contributed by atoms with Gasteiger partial charge in [-0.3, -0.25) is 0 Å². The smallest absolute Gasteiger partial charge is 0.322 e. The first kappa shape index (κ1) is 19.9. The second-order valence-corrected chi connectivity index (χ2v) is 6.04. The normalized spacial score (nSPS) is 10.3. The lowest BCUT2D eigenvalue weighted by Crippen LogP contribution is -2.34. The van der Waals surface area contributed by atoms with E-state index >= 15 is 0 Å². The molecule has 0 aliphatic carbocycles. The third kappa shape index (κ3) is 4.92. The van der Waals surface area contributed by atoms with Gasteiger partial charge in [0.1, 0.15) is 18.0 Å². The van der Waals surface area contributed by atoms with Crippen LogP contribution in [0.1, 0.15) is 5.89 Å². The van der Waals surface area contributed by atoms with Gasteiger partial charge < -0.3 is 24.2 Å². The standard InChI is InChI=1S/C21H22N4O4/c1-4-13-25(21(26)22-17-7-5-6-8-18(17)28-3)14-19-23-20(24-29-19)15-9-11-16(27-2)12-10-15/h4-12H,1,13-14H2,2-3H3,(H,22,26). The number of para-hydroxylation sites is 2. The summed E-state index contributed by atoms with van der Waals surface area (Å²) in [4.78, 5) is 18.6. The topological polar surface area (TPSA) is 89.7 Å². The van der Waals surface area contributed by atoms with Crippen LogP contribution < -0.4 is 14.8 Å². The second kappa shape index (κ2) is 9.41. The molecule has 150 valence electrons. The fourth-order valence-corrected chi connectivity index (χ4v) is 2.66. The maximum Gasteiger partial charge on any atom is 0.322 e. The minimum absolute atomic E-state index is 0.135. The first-order valence-electron chi connectivity index (χ1n) is 8.91. The molecule has 0 bridgehead atoms. The number of aromatic nitrogens is 2. The Morgan fingerprint density at radius 1 is 1.17 bits per heavy atom. The van der Waals surface area contributed by atoms with E-state index in [0.29, 0.717) is 29.7 Å². The van der Waals surface area contributed by atoms with E-state index in [0.717, 1.165) is 11.3 Å². The zero-order valence-electron chi connectivity index (χ0n) is 16.3. The molecule has 8 heteroatoms. The summed E-state index contributed by atoms with van der Waals surface area (Å²) < 4.78 is 15.7. The number of anilines is 1. The number of hydrogen-bond donors (Lipinski definition) is 1. The minimum Gasteiger partial charge on any atom is -0.497 e. The first-order chi connectivity index (χ1) is 14.1. The van der Waals surface area contributed by atoms with Crippen molar-refractivity contribution >= 4 is 11.7 Å². The Morgan fingerprint density at radius 3 is 2.62 bits per heavy atom. The van der Waals surface area contributed by atoms with Gasteiger partial charge in [-0.25, -0.2) is 4.79 Å². The highest BCUT2D eigenvalue weighted by atomic mass is 16.5. The Balaban J connectivity index is 1.72. The van der Waals surface area contributed by atoms with Gasteiger partial charge in [0.25, 0.3) is 0 Å². The number of carbonyl (C=O) groups excluding carboxylic acids is 1. The number of urea groups is 1. The molecule has 0 atom stereocenters. The van der Waals surface area contributed by atoms with Crippen LogP contribution in [0.2, 0.25) is 0 Å². The zero-order valence-corrected chi connectivity index (χ0v) is 16.3. The van der Waals surface area contributed by atoms with Gasteiger partial charge in [0.15, 0.2) is 0 Å². The summed E-state index contributed by atoms with van der Waals surface area (Å²) in [6, 6.07) is 14.1. The number of carbonyl (C=O) groups is 1. The van der Waals surface area contributed by atoms with Crippen molar-refractivity contribution in [1.29, 1.82) is 0 Å². The van der Waals surface area contributed by atoms with Crippen molar-refractivity contribution in [3.8, 4) is 22.9 Å². The highest BCUT2D eigenvalue weighted by molar-refractivity contribution is 5.91. The Bertz CT molecular complexity index is 969. The predicted molar refractivity (Wildman–Crippen MR) is 109 cm³/mol. The molecule has 1 N–H and O–H groups in total. The number of amides is 2. The summed E-state index contributed by atoms with van der Waals surface area (Å²) >= 11 is 0. The summed E-state index contributed by atoms with van der Waals surface area (Å²) in [5, 5.41) is 6.82. The third-order valence-corrected chi connectivity index (χ3v) is 4.13. The van der Waals surface area contributed by atoms with E-state index in [-0.39, 0.29) is 12.6 Å². The van der Waals surface area contributed by atoms with Crippen LogP contribution >= 0.6 is 0 Å². The molecule has 0 radical (unpaired) electrons. The molecular formula is C21H22N4O4. The lowest BCUT2D eigenvalue weighted by Gasteiger charge is -2.20. The van der Waals surface area contributed by atoms with E-state index in [9.17, 15) is 4.79 Å². The Morgan fingerprint density at radius 2 is 1.93 bits per heavy atom. The quantitative estimate of drug-likeness (QED) is 0.582. The predicted octanol–water partition coefficient (Wildman–Crippen LogP) is 3.97. The Kier molecular flexibility index (Phi) is 6.47. The molecule has 0 fully saturated rings. The van der Waals surface area contributed by atoms with Crippen molar-refractivity contribution in [3.05, 3.63) is 67.1 Å². The van der Waals surface area contributed by atoms with Crippen molar-refractivity contribution in [2.24, 2.45) is 0 Å². The van der Waals surface area contributed by atoms with Crippen molar-refractivity contribution in [1.82, 2.24) is 15.0 Å². The van der Waals surface area contributed by atoms with E-state index in [4.69, 9.17) is 14.0 Å². The van der Waals surface area contributed by atoms with Crippen LogP contribution in [0.15, 0.2) is 65.7 Å². The maximum atomic E-state index is 12.7. The molecule has 0 unspecified atom stereocenters. The fraction of sp³-hybridized carbons (Fsp3) is 0.190. The summed E-state index contributed by atoms with van der Waals surface area (Å²) in [6.45, 7) is 4.15. The molecule has 0 aliphatic rings. The van der Waals surface area contributed by atoms with Crippen molar-refractivity contribution in [2.75, 3.05) is 26.1 Å². The van der Waals surface area contributed by atoms with Gasteiger partial charge in [0.05, 0.1) is 19.9 Å². The van der Waals surface area contributed by atoms with Gasteiger partial charge in [0, 0.05) is 12.1 Å². The third-order valence-electron chi connectivity index (χ3n) is 4.13. The zero-order chi connectivity index (χ0) is 20.6. The van der Waals surface area contributed by atoms with Crippen LogP contribution in [0, 0.1) is 0 Å². The molecule has 29 heavy (non-hydrogen) atoms. The average molecular weight is 394 g/mol. The van der Waals surface area contributed by atoms with Crippen LogP contribution in [-0.4, -0.2) is 41.8 Å². The van der Waals surface area contributed by atoms with E-state index in [1.807, 2.05) is 36.4 Å². The second-order valence-electron chi connectivity index (χ2n) is 6.04. The van der Waals surface area contributed by atoms with Gasteiger partial charge >= 0.3 is 6.03 Å². The summed E-state index contributed by atoms with van der Waals surface area (Å²) in [5.41, 5.74) is 1.35. The molecule has 2 amide bonds. The molecule has 2 aromatic carbocycles. The fourth-order valence-electron chi connectivity index (χ4n) is 2.66. The molecule has 1 aromatic heterocycles. The lowest BCUT2D eigenvalue weighted by molar-refractivity contribution is 0.206. The van der Waals surface area contributed by atoms with Gasteiger partial charge in [-0.2, -0.15) is 4.98 Å². The van der Waals surface area contributed by atoms with E-state index < -0.39 is 0 Å². The lowest BCUT2D eigenvalue weighted by atomic mass is 10.2. The van der Waals surface area contributed by atoms with Crippen LogP contribution in [0.3, 0.4) is 0 Å². The number of ether oxygens (including phenoxy) is 2. The Labute approximate surface area is 168 Å². The molecule has 0 aliphatic heterocycles. The molecule has 0 spiro atoms. The van der Waals surface area contributed by atoms with Gasteiger partial charge in [0.2, 0.25) is 11.7 Å². The number of benzene rings is 2. The number of methoxy groups -OCH3 is 2. The monoisotopic (exact) mass is 394 g/mol. The van der Waals surface area contributed by atoms with E-state index in [1.165, 1.54) is 4.90 Å². The van der Waals surface area contributed by atoms with Crippen LogP contribution in [0.4, 0.5) is 10.5 Å². The number of hydrogen-bond acceptors (Lipinski definition) is 6. The van der Waals surface area contributed by atoms with Crippen LogP contribution in [0.25, 0.3) is 11.4 Å². The Hall–Kier alpha value is -3.81. The highest BCUT2D eigenvalue weighted by Crippen LogP contribution is 2.24. The number of nitrogens with one attached hydrogen (secondary N) is 1. The largest absolute Gasteiger partial charge is 0.497 e. The minimum atomic E-state index is -0.335. The van der Waals surface area contributed by atoms with Crippen LogP contribution in [-0.2, 0) is 6.54 Å². The van der Waals surface area contributed by atoms with Crippen LogP contribution in [0.5, 0.6) is 11.5 Å². The molecule has 1 heterocycles. The van der Waals surface area contributed by atoms with Gasteiger partial charge in [-0.05, 0) is 36.4 Å². The first-order valence-corrected chi connectivity index (χ1v) is 8.91. The number of nitrogens with zero attached hydrogens (tertiary/aromatic N) is 3. The summed E-state index contributed by atoms with van der Waals surface area (Å²) in [7, 11) is 3.15. The molecule has 0 saturated heterocycles. The van der Waals surface area contributed by atoms with E-state index in [1.54, 1.807) is 32.4 Å². The van der Waals surface area contributed by atoms with Crippen molar-refractivity contribution < 1.29 is 18.8 Å². The summed E-state index contributed by atoms with van der Waals surface area (Å²) in [5.74, 6) is 2.06. The molecule has 8 nitrogen and oxygen atoms in total. The molecule has 0 saturated carbocycles. The SMILES string of the molecule is C=CCN(Cc1nc(-c2ccc(OC)cc2)no1)C(=O)Nc1ccccc1OC. The highest BCUT2D eigenvalue weighted by Gasteiger charge is 2.18. The average Bonchev–Trinajstić information content (AvgIpc) is 3.22. The maximum absolute atomic E-state index is 12.7. The van der Waals surface area contributed by atoms with Gasteiger partial charge in [-0.15, -0.1) is 6.58 Å². The van der Waals surface area contributed by atoms with Gasteiger partial charge in [-0.1, -0.05) is 23.4 Å². The molecule has 3 aromatic rings. The van der Waals surface area contributed by atoms with Crippen molar-refractivity contribution in [2.45, 2.75) is 6.54 Å². The molecular weight excluding hydrogens is 372 g/mol.